The Hall–Kier alpha value is -3.56. The van der Waals surface area contributed by atoms with Crippen LogP contribution in [0.2, 0.25) is 0 Å². The number of nitrogens with zero attached hydrogens (tertiary/aromatic N) is 4. The molecule has 3 aromatic rings. The molecule has 2 aromatic heterocycles. The first-order chi connectivity index (χ1) is 15.0. The molecular formula is C21H20F2N6O2. The number of rotatable bonds is 4. The van der Waals surface area contributed by atoms with Gasteiger partial charge in [-0.2, -0.15) is 5.10 Å². The maximum Gasteiger partial charge on any atom is 0.313 e. The summed E-state index contributed by atoms with van der Waals surface area (Å²) in [7, 11) is 0. The fraction of sp³-hybridized carbons (Fsp3) is 0.333. The molecule has 2 aliphatic rings. The van der Waals surface area contributed by atoms with Crippen LogP contribution in [0.3, 0.4) is 0 Å². The number of amides is 2. The van der Waals surface area contributed by atoms with Crippen molar-refractivity contribution in [3.8, 4) is 0 Å². The number of carbonyl (C=O) groups excluding carboxylic acids is 2. The highest BCUT2D eigenvalue weighted by atomic mass is 19.1. The first-order valence-corrected chi connectivity index (χ1v) is 10.2. The van der Waals surface area contributed by atoms with E-state index in [4.69, 9.17) is 0 Å². The molecule has 0 radical (unpaired) electrons. The molecular weight excluding hydrogens is 406 g/mol. The molecule has 3 heterocycles. The molecule has 8 nitrogen and oxygen atoms in total. The van der Waals surface area contributed by atoms with E-state index in [1.807, 2.05) is 4.90 Å². The van der Waals surface area contributed by atoms with E-state index in [-0.39, 0.29) is 17.6 Å². The Labute approximate surface area is 176 Å². The smallest absolute Gasteiger partial charge is 0.313 e. The number of anilines is 2. The summed E-state index contributed by atoms with van der Waals surface area (Å²) >= 11 is 0. The molecule has 1 unspecified atom stereocenters. The van der Waals surface area contributed by atoms with E-state index in [2.05, 4.69) is 20.7 Å². The molecule has 1 aliphatic carbocycles. The first-order valence-electron chi connectivity index (χ1n) is 10.2. The summed E-state index contributed by atoms with van der Waals surface area (Å²) < 4.78 is 29.6. The van der Waals surface area contributed by atoms with Crippen LogP contribution in [-0.2, 0) is 9.59 Å². The third kappa shape index (κ3) is 3.80. The van der Waals surface area contributed by atoms with Gasteiger partial charge in [-0.05, 0) is 49.9 Å². The summed E-state index contributed by atoms with van der Waals surface area (Å²) in [4.78, 5) is 30.6. The summed E-state index contributed by atoms with van der Waals surface area (Å²) in [6.45, 7) is 0.628. The maximum atomic E-state index is 14.4. The van der Waals surface area contributed by atoms with Gasteiger partial charge in [0.05, 0.1) is 12.2 Å². The zero-order valence-electron chi connectivity index (χ0n) is 16.5. The van der Waals surface area contributed by atoms with Crippen molar-refractivity contribution in [3.05, 3.63) is 53.9 Å². The quantitative estimate of drug-likeness (QED) is 0.626. The topological polar surface area (TPSA) is 91.6 Å². The lowest BCUT2D eigenvalue weighted by atomic mass is 10.0. The maximum absolute atomic E-state index is 14.4. The number of aromatic nitrogens is 3. The normalized spacial score (nSPS) is 18.4. The largest absolute Gasteiger partial charge is 0.349 e. The van der Waals surface area contributed by atoms with Gasteiger partial charge in [0.2, 0.25) is 0 Å². The van der Waals surface area contributed by atoms with Crippen molar-refractivity contribution in [1.29, 1.82) is 0 Å². The van der Waals surface area contributed by atoms with E-state index in [1.165, 1.54) is 16.8 Å². The van der Waals surface area contributed by atoms with Crippen LogP contribution < -0.4 is 15.5 Å². The van der Waals surface area contributed by atoms with Gasteiger partial charge in [0.1, 0.15) is 23.1 Å². The van der Waals surface area contributed by atoms with E-state index < -0.39 is 23.4 Å². The molecule has 160 valence electrons. The van der Waals surface area contributed by atoms with Crippen LogP contribution >= 0.6 is 0 Å². The number of fused-ring (bicyclic) bond motifs is 1. The molecule has 1 aromatic carbocycles. The van der Waals surface area contributed by atoms with Crippen LogP contribution in [0.5, 0.6) is 0 Å². The van der Waals surface area contributed by atoms with E-state index in [0.29, 0.717) is 30.1 Å². The monoisotopic (exact) mass is 426 g/mol. The minimum atomic E-state index is -0.783. The first kappa shape index (κ1) is 19.4. The third-order valence-corrected chi connectivity index (χ3v) is 5.59. The van der Waals surface area contributed by atoms with Crippen molar-refractivity contribution in [2.75, 3.05) is 16.8 Å². The minimum Gasteiger partial charge on any atom is -0.349 e. The molecule has 1 saturated heterocycles. The number of carbonyl (C=O) groups is 2. The number of halogens is 2. The fourth-order valence-corrected chi connectivity index (χ4v) is 3.90. The van der Waals surface area contributed by atoms with Crippen molar-refractivity contribution in [1.82, 2.24) is 19.9 Å². The van der Waals surface area contributed by atoms with Gasteiger partial charge in [-0.25, -0.2) is 18.3 Å². The fourth-order valence-electron chi connectivity index (χ4n) is 3.90. The second-order valence-corrected chi connectivity index (χ2v) is 7.83. The SMILES string of the molecule is O=C(Nc1cnn2ccc(N3CCCC3c3cc(F)ccc3F)nc12)C(=O)NC1CC1. The van der Waals surface area contributed by atoms with Gasteiger partial charge in [0, 0.05) is 24.3 Å². The lowest BCUT2D eigenvalue weighted by Gasteiger charge is -2.26. The molecule has 2 fully saturated rings. The predicted octanol–water partition coefficient (Wildman–Crippen LogP) is 2.57. The zero-order chi connectivity index (χ0) is 21.5. The van der Waals surface area contributed by atoms with Gasteiger partial charge < -0.3 is 15.5 Å². The van der Waals surface area contributed by atoms with Crippen molar-refractivity contribution in [2.45, 2.75) is 37.8 Å². The summed E-state index contributed by atoms with van der Waals surface area (Å²) in [5.41, 5.74) is 0.943. The van der Waals surface area contributed by atoms with Gasteiger partial charge in [-0.1, -0.05) is 0 Å². The Morgan fingerprint density at radius 1 is 1.10 bits per heavy atom. The lowest BCUT2D eigenvalue weighted by molar-refractivity contribution is -0.136. The van der Waals surface area contributed by atoms with Crippen molar-refractivity contribution >= 4 is 29.0 Å². The summed E-state index contributed by atoms with van der Waals surface area (Å²) in [6.07, 6.45) is 6.32. The van der Waals surface area contributed by atoms with Crippen molar-refractivity contribution in [3.63, 3.8) is 0 Å². The number of hydrogen-bond donors (Lipinski definition) is 2. The highest BCUT2D eigenvalue weighted by Gasteiger charge is 2.30. The number of benzene rings is 1. The van der Waals surface area contributed by atoms with Gasteiger partial charge in [0.15, 0.2) is 5.65 Å². The van der Waals surface area contributed by atoms with Gasteiger partial charge >= 0.3 is 11.8 Å². The Morgan fingerprint density at radius 2 is 1.94 bits per heavy atom. The van der Waals surface area contributed by atoms with Crippen molar-refractivity contribution < 1.29 is 18.4 Å². The summed E-state index contributed by atoms with van der Waals surface area (Å²) in [5.74, 6) is -1.87. The number of nitrogens with one attached hydrogen (secondary N) is 2. The van der Waals surface area contributed by atoms with Gasteiger partial charge in [-0.15, -0.1) is 0 Å². The van der Waals surface area contributed by atoms with E-state index in [1.54, 1.807) is 12.3 Å². The van der Waals surface area contributed by atoms with Crippen molar-refractivity contribution in [2.24, 2.45) is 0 Å². The van der Waals surface area contributed by atoms with E-state index in [9.17, 15) is 18.4 Å². The van der Waals surface area contributed by atoms with Crippen LogP contribution in [0.4, 0.5) is 20.3 Å². The predicted molar refractivity (Wildman–Crippen MR) is 108 cm³/mol. The standard InChI is InChI=1S/C21H20F2N6O2/c22-12-3-6-15(23)14(10-12)17-2-1-8-28(17)18-7-9-29-19(27-18)16(11-24-29)26-21(31)20(30)25-13-4-5-13/h3,6-7,9-11,13,17H,1-2,4-5,8H2,(H,25,30)(H,26,31). The Morgan fingerprint density at radius 3 is 2.74 bits per heavy atom. The highest BCUT2D eigenvalue weighted by molar-refractivity contribution is 6.40. The second-order valence-electron chi connectivity index (χ2n) is 7.83. The minimum absolute atomic E-state index is 0.0715. The molecule has 0 bridgehead atoms. The van der Waals surface area contributed by atoms with Crippen LogP contribution in [0.25, 0.3) is 5.65 Å². The Balaban J connectivity index is 1.42. The van der Waals surface area contributed by atoms with E-state index >= 15 is 0 Å². The third-order valence-electron chi connectivity index (χ3n) is 5.59. The lowest BCUT2D eigenvalue weighted by Crippen LogP contribution is -2.36. The average Bonchev–Trinajstić information content (AvgIpc) is 3.29. The molecule has 0 spiro atoms. The Kier molecular flexibility index (Phi) is 4.76. The van der Waals surface area contributed by atoms with Crippen LogP contribution in [0.15, 0.2) is 36.7 Å². The number of hydrogen-bond acceptors (Lipinski definition) is 5. The highest BCUT2D eigenvalue weighted by Crippen LogP contribution is 2.37. The molecule has 2 amide bonds. The van der Waals surface area contributed by atoms with Gasteiger partial charge in [0.25, 0.3) is 0 Å². The zero-order valence-corrected chi connectivity index (χ0v) is 16.5. The average molecular weight is 426 g/mol. The summed E-state index contributed by atoms with van der Waals surface area (Å²) in [5, 5.41) is 9.34. The van der Waals surface area contributed by atoms with Crippen LogP contribution in [-0.4, -0.2) is 39.0 Å². The van der Waals surface area contributed by atoms with Crippen LogP contribution in [0, 0.1) is 11.6 Å². The second kappa shape index (κ2) is 7.60. The molecule has 1 aliphatic heterocycles. The molecule has 10 heteroatoms. The Bertz CT molecular complexity index is 1180. The molecule has 1 atom stereocenters. The molecule has 1 saturated carbocycles. The van der Waals surface area contributed by atoms with Crippen LogP contribution in [0.1, 0.15) is 37.3 Å². The molecule has 2 N–H and O–H groups in total. The molecule has 31 heavy (non-hydrogen) atoms. The molecule has 5 rings (SSSR count). The summed E-state index contributed by atoms with van der Waals surface area (Å²) in [6, 6.07) is 4.91. The van der Waals surface area contributed by atoms with Gasteiger partial charge in [-0.3, -0.25) is 9.59 Å². The van der Waals surface area contributed by atoms with E-state index in [0.717, 1.165) is 31.4 Å².